The minimum atomic E-state index is -0.356. The maximum Gasteiger partial charge on any atom is 0.201 e. The van der Waals surface area contributed by atoms with Crippen LogP contribution < -0.4 is 5.73 Å². The zero-order chi connectivity index (χ0) is 15.0. The van der Waals surface area contributed by atoms with Gasteiger partial charge in [0.2, 0.25) is 5.95 Å². The smallest absolute Gasteiger partial charge is 0.201 e. The van der Waals surface area contributed by atoms with Gasteiger partial charge in [0.25, 0.3) is 0 Å². The maximum atomic E-state index is 13.7. The lowest BCUT2D eigenvalue weighted by atomic mass is 10.1. The molecule has 2 N–H and O–H groups in total. The number of aryl methyl sites for hydroxylation is 2. The van der Waals surface area contributed by atoms with Crippen LogP contribution in [-0.2, 0) is 13.0 Å². The second kappa shape index (κ2) is 5.44. The molecule has 3 nitrogen and oxygen atoms in total. The summed E-state index contributed by atoms with van der Waals surface area (Å²) >= 11 is 3.13. The molecule has 0 radical (unpaired) electrons. The summed E-state index contributed by atoms with van der Waals surface area (Å²) in [5.41, 5.74) is 8.16. The molecule has 0 saturated carbocycles. The number of fused-ring (bicyclic) bond motifs is 1. The summed E-state index contributed by atoms with van der Waals surface area (Å²) in [6, 6.07) is 9.30. The Labute approximate surface area is 128 Å². The molecule has 21 heavy (non-hydrogen) atoms. The molecule has 0 aliphatic rings. The number of nitrogens with two attached hydrogens (primary N) is 1. The van der Waals surface area contributed by atoms with Crippen LogP contribution in [0.1, 0.15) is 5.56 Å². The molecule has 0 saturated heterocycles. The molecule has 108 valence electrons. The molecular weight excluding hydrogens is 340 g/mol. The van der Waals surface area contributed by atoms with Crippen LogP contribution in [0.2, 0.25) is 0 Å². The van der Waals surface area contributed by atoms with Crippen molar-refractivity contribution in [3.8, 4) is 0 Å². The van der Waals surface area contributed by atoms with Crippen molar-refractivity contribution in [1.82, 2.24) is 9.55 Å². The van der Waals surface area contributed by atoms with Crippen LogP contribution in [0, 0.1) is 11.6 Å². The standard InChI is InChI=1S/C15H12BrF2N3/c16-11-7-13-14(8-12(11)18)21(15(19)20-13)6-5-9-1-3-10(17)4-2-9/h1-4,7-8H,5-6H2,(H2,19,20). The highest BCUT2D eigenvalue weighted by Crippen LogP contribution is 2.25. The fourth-order valence-electron chi connectivity index (χ4n) is 2.27. The molecule has 0 spiro atoms. The van der Waals surface area contributed by atoms with Gasteiger partial charge in [0.1, 0.15) is 11.6 Å². The van der Waals surface area contributed by atoms with Gasteiger partial charge in [-0.3, -0.25) is 0 Å². The van der Waals surface area contributed by atoms with Crippen LogP contribution in [0.4, 0.5) is 14.7 Å². The molecule has 1 heterocycles. The first-order valence-electron chi connectivity index (χ1n) is 6.40. The Morgan fingerprint density at radius 3 is 2.57 bits per heavy atom. The van der Waals surface area contributed by atoms with Crippen LogP contribution in [0.5, 0.6) is 0 Å². The Morgan fingerprint density at radius 2 is 1.86 bits per heavy atom. The quantitative estimate of drug-likeness (QED) is 0.777. The largest absolute Gasteiger partial charge is 0.369 e. The third kappa shape index (κ3) is 2.76. The number of nitrogens with zero attached hydrogens (tertiary/aromatic N) is 2. The van der Waals surface area contributed by atoms with Crippen molar-refractivity contribution in [2.24, 2.45) is 0 Å². The predicted molar refractivity (Wildman–Crippen MR) is 81.9 cm³/mol. The second-order valence-electron chi connectivity index (χ2n) is 4.75. The van der Waals surface area contributed by atoms with E-state index in [1.807, 2.05) is 0 Å². The van der Waals surface area contributed by atoms with Gasteiger partial charge in [-0.2, -0.15) is 0 Å². The van der Waals surface area contributed by atoms with Crippen LogP contribution >= 0.6 is 15.9 Å². The summed E-state index contributed by atoms with van der Waals surface area (Å²) in [4.78, 5) is 4.23. The van der Waals surface area contributed by atoms with Crippen molar-refractivity contribution in [2.75, 3.05) is 5.73 Å². The third-order valence-corrected chi connectivity index (χ3v) is 3.96. The van der Waals surface area contributed by atoms with Crippen molar-refractivity contribution < 1.29 is 8.78 Å². The maximum absolute atomic E-state index is 13.7. The first-order chi connectivity index (χ1) is 10.0. The summed E-state index contributed by atoms with van der Waals surface area (Å²) in [5, 5.41) is 0. The molecule has 0 fully saturated rings. The van der Waals surface area contributed by atoms with Gasteiger partial charge in [0.05, 0.1) is 15.5 Å². The first-order valence-corrected chi connectivity index (χ1v) is 7.19. The number of nitrogen functional groups attached to an aromatic ring is 1. The predicted octanol–water partition coefficient (Wildman–Crippen LogP) is 3.90. The highest BCUT2D eigenvalue weighted by atomic mass is 79.9. The minimum Gasteiger partial charge on any atom is -0.369 e. The molecule has 0 bridgehead atoms. The highest BCUT2D eigenvalue weighted by molar-refractivity contribution is 9.10. The molecule has 0 aliphatic carbocycles. The number of aromatic nitrogens is 2. The lowest BCUT2D eigenvalue weighted by Gasteiger charge is -2.07. The average Bonchev–Trinajstić information content (AvgIpc) is 2.74. The molecule has 2 aromatic carbocycles. The number of hydrogen-bond acceptors (Lipinski definition) is 2. The zero-order valence-corrected chi connectivity index (χ0v) is 12.6. The number of halogens is 3. The van der Waals surface area contributed by atoms with E-state index in [1.54, 1.807) is 22.8 Å². The van der Waals surface area contributed by atoms with Crippen molar-refractivity contribution in [3.05, 3.63) is 58.1 Å². The van der Waals surface area contributed by atoms with Gasteiger partial charge in [0.15, 0.2) is 0 Å². The molecular formula is C15H12BrF2N3. The van der Waals surface area contributed by atoms with Gasteiger partial charge in [-0.1, -0.05) is 12.1 Å². The summed E-state index contributed by atoms with van der Waals surface area (Å²) in [6.45, 7) is 0.551. The van der Waals surface area contributed by atoms with Gasteiger partial charge < -0.3 is 10.3 Å². The van der Waals surface area contributed by atoms with Crippen molar-refractivity contribution in [3.63, 3.8) is 0 Å². The van der Waals surface area contributed by atoms with E-state index >= 15 is 0 Å². The molecule has 3 aromatic rings. The molecule has 0 atom stereocenters. The van der Waals surface area contributed by atoms with Gasteiger partial charge in [-0.15, -0.1) is 0 Å². The third-order valence-electron chi connectivity index (χ3n) is 3.36. The van der Waals surface area contributed by atoms with Gasteiger partial charge in [-0.05, 0) is 46.1 Å². The number of imidazole rings is 1. The summed E-state index contributed by atoms with van der Waals surface area (Å²) < 4.78 is 28.7. The Morgan fingerprint density at radius 1 is 1.14 bits per heavy atom. The number of anilines is 1. The monoisotopic (exact) mass is 351 g/mol. The van der Waals surface area contributed by atoms with Crippen molar-refractivity contribution >= 4 is 32.9 Å². The summed E-state index contributed by atoms with van der Waals surface area (Å²) in [7, 11) is 0. The first kappa shape index (κ1) is 14.0. The normalized spacial score (nSPS) is 11.2. The Hall–Kier alpha value is -1.95. The Kier molecular flexibility index (Phi) is 3.63. The number of rotatable bonds is 3. The van der Waals surface area contributed by atoms with Crippen LogP contribution in [0.25, 0.3) is 11.0 Å². The van der Waals surface area contributed by atoms with Crippen molar-refractivity contribution in [2.45, 2.75) is 13.0 Å². The van der Waals surface area contributed by atoms with E-state index in [-0.39, 0.29) is 11.6 Å². The average molecular weight is 352 g/mol. The highest BCUT2D eigenvalue weighted by Gasteiger charge is 2.11. The van der Waals surface area contributed by atoms with E-state index in [4.69, 9.17) is 5.73 Å². The fourth-order valence-corrected chi connectivity index (χ4v) is 2.60. The fraction of sp³-hybridized carbons (Fsp3) is 0.133. The Bertz CT molecular complexity index is 797. The minimum absolute atomic E-state index is 0.265. The SMILES string of the molecule is Nc1nc2cc(Br)c(F)cc2n1CCc1ccc(F)cc1. The second-order valence-corrected chi connectivity index (χ2v) is 5.61. The number of hydrogen-bond donors (Lipinski definition) is 1. The lowest BCUT2D eigenvalue weighted by molar-refractivity contribution is 0.620. The van der Waals surface area contributed by atoms with Crippen LogP contribution in [0.15, 0.2) is 40.9 Å². The molecule has 6 heteroatoms. The van der Waals surface area contributed by atoms with E-state index in [0.29, 0.717) is 34.4 Å². The Balaban J connectivity index is 1.91. The zero-order valence-electron chi connectivity index (χ0n) is 11.0. The molecule has 0 aliphatic heterocycles. The van der Waals surface area contributed by atoms with Crippen molar-refractivity contribution in [1.29, 1.82) is 0 Å². The topological polar surface area (TPSA) is 43.8 Å². The van der Waals surface area contributed by atoms with Gasteiger partial charge in [-0.25, -0.2) is 13.8 Å². The summed E-state index contributed by atoms with van der Waals surface area (Å²) in [6.07, 6.45) is 0.660. The number of benzene rings is 2. The molecule has 0 unspecified atom stereocenters. The van der Waals surface area contributed by atoms with Gasteiger partial charge >= 0.3 is 0 Å². The van der Waals surface area contributed by atoms with Crippen LogP contribution in [-0.4, -0.2) is 9.55 Å². The summed E-state index contributed by atoms with van der Waals surface area (Å²) in [5.74, 6) is -0.284. The van der Waals surface area contributed by atoms with Gasteiger partial charge in [0, 0.05) is 12.6 Å². The van der Waals surface area contributed by atoms with E-state index < -0.39 is 0 Å². The lowest BCUT2D eigenvalue weighted by Crippen LogP contribution is -2.05. The van der Waals surface area contributed by atoms with Crippen LogP contribution in [0.3, 0.4) is 0 Å². The van der Waals surface area contributed by atoms with E-state index in [1.165, 1.54) is 18.2 Å². The molecule has 1 aromatic heterocycles. The molecule has 0 amide bonds. The van der Waals surface area contributed by atoms with E-state index in [0.717, 1.165) is 5.56 Å². The van der Waals surface area contributed by atoms with E-state index in [9.17, 15) is 8.78 Å². The van der Waals surface area contributed by atoms with E-state index in [2.05, 4.69) is 20.9 Å². The molecule has 3 rings (SSSR count).